The van der Waals surface area contributed by atoms with Crippen molar-refractivity contribution in [2.45, 2.75) is 70.7 Å². The van der Waals surface area contributed by atoms with E-state index in [4.69, 9.17) is 18.9 Å². The van der Waals surface area contributed by atoms with Crippen LogP contribution >= 0.6 is 0 Å². The quantitative estimate of drug-likeness (QED) is 0.273. The Hall–Kier alpha value is -2.73. The highest BCUT2D eigenvalue weighted by molar-refractivity contribution is 5.74. The first-order chi connectivity index (χ1) is 13.9. The van der Waals surface area contributed by atoms with Gasteiger partial charge in [0.15, 0.2) is 12.2 Å². The standard InChI is InChI=1S/C18H27NO11/c1-9(20)19-18(25)14(6-7-15(24)26-5)30-13(8-27-10(2)21)16(28-11(3)22)17(18)29-12(4)23/h13-14,16-17,25H,6-8H2,1-5H3,(H,19,20)/t13-,14-,16+,17+,18+/m1/s1. The Morgan fingerprint density at radius 3 is 2.07 bits per heavy atom. The summed E-state index contributed by atoms with van der Waals surface area (Å²) in [5.41, 5.74) is -2.36. The third-order valence-corrected chi connectivity index (χ3v) is 4.19. The van der Waals surface area contributed by atoms with Crippen LogP contribution in [0.4, 0.5) is 0 Å². The van der Waals surface area contributed by atoms with Crippen LogP contribution in [0.3, 0.4) is 0 Å². The molecule has 1 amide bonds. The van der Waals surface area contributed by atoms with Gasteiger partial charge in [-0.05, 0) is 6.42 Å². The van der Waals surface area contributed by atoms with E-state index in [0.29, 0.717) is 0 Å². The Labute approximate surface area is 173 Å². The van der Waals surface area contributed by atoms with Crippen molar-refractivity contribution in [3.63, 3.8) is 0 Å². The van der Waals surface area contributed by atoms with Crippen LogP contribution < -0.4 is 5.32 Å². The Balaban J connectivity index is 3.41. The van der Waals surface area contributed by atoms with Crippen molar-refractivity contribution in [2.24, 2.45) is 0 Å². The maximum Gasteiger partial charge on any atom is 0.305 e. The number of carbonyl (C=O) groups excluding carboxylic acids is 5. The molecule has 30 heavy (non-hydrogen) atoms. The number of amides is 1. The molecule has 1 saturated heterocycles. The molecule has 1 aliphatic rings. The van der Waals surface area contributed by atoms with Crippen molar-refractivity contribution in [2.75, 3.05) is 13.7 Å². The van der Waals surface area contributed by atoms with Gasteiger partial charge in [-0.3, -0.25) is 24.0 Å². The number of hydrogen-bond donors (Lipinski definition) is 2. The Kier molecular flexibility index (Phi) is 9.18. The molecule has 5 atom stereocenters. The van der Waals surface area contributed by atoms with Crippen molar-refractivity contribution >= 4 is 29.8 Å². The molecule has 1 fully saturated rings. The molecule has 2 N–H and O–H groups in total. The van der Waals surface area contributed by atoms with Gasteiger partial charge >= 0.3 is 23.9 Å². The second-order valence-corrected chi connectivity index (χ2v) is 6.69. The van der Waals surface area contributed by atoms with Crippen molar-refractivity contribution < 1.29 is 52.8 Å². The lowest BCUT2D eigenvalue weighted by atomic mass is 9.86. The second-order valence-electron chi connectivity index (χ2n) is 6.69. The molecule has 12 heteroatoms. The van der Waals surface area contributed by atoms with Crippen LogP contribution in [0, 0.1) is 0 Å². The fraction of sp³-hybridized carbons (Fsp3) is 0.722. The van der Waals surface area contributed by atoms with Crippen LogP contribution in [0.15, 0.2) is 0 Å². The molecule has 0 aliphatic carbocycles. The van der Waals surface area contributed by atoms with E-state index in [0.717, 1.165) is 27.7 Å². The number of nitrogens with one attached hydrogen (secondary N) is 1. The molecule has 0 unspecified atom stereocenters. The monoisotopic (exact) mass is 433 g/mol. The molecule has 0 aromatic rings. The van der Waals surface area contributed by atoms with Crippen LogP contribution in [0.2, 0.25) is 0 Å². The van der Waals surface area contributed by atoms with E-state index >= 15 is 0 Å². The van der Waals surface area contributed by atoms with E-state index in [-0.39, 0.29) is 12.8 Å². The SMILES string of the molecule is COC(=O)CC[C@H]1O[C@H](COC(C)=O)[C@H](OC(C)=O)[C@H](OC(C)=O)[C@]1(O)NC(C)=O. The first-order valence-electron chi connectivity index (χ1n) is 9.11. The molecule has 0 radical (unpaired) electrons. The van der Waals surface area contributed by atoms with Gasteiger partial charge in [0.05, 0.1) is 7.11 Å². The van der Waals surface area contributed by atoms with Crippen LogP contribution in [-0.2, 0) is 47.7 Å². The Morgan fingerprint density at radius 2 is 1.60 bits per heavy atom. The summed E-state index contributed by atoms with van der Waals surface area (Å²) in [4.78, 5) is 58.0. The minimum atomic E-state index is -2.36. The van der Waals surface area contributed by atoms with Gasteiger partial charge in [-0.25, -0.2) is 0 Å². The largest absolute Gasteiger partial charge is 0.469 e. The molecule has 0 saturated carbocycles. The molecule has 0 aromatic carbocycles. The fourth-order valence-electron chi connectivity index (χ4n) is 3.09. The summed E-state index contributed by atoms with van der Waals surface area (Å²) in [6, 6.07) is 0. The lowest BCUT2D eigenvalue weighted by Crippen LogP contribution is -2.74. The van der Waals surface area contributed by atoms with Crippen molar-refractivity contribution in [1.82, 2.24) is 5.32 Å². The van der Waals surface area contributed by atoms with Crippen molar-refractivity contribution in [3.8, 4) is 0 Å². The number of rotatable bonds is 8. The van der Waals surface area contributed by atoms with Gasteiger partial charge < -0.3 is 34.1 Å². The third kappa shape index (κ3) is 6.95. The number of methoxy groups -OCH3 is 1. The maximum atomic E-state index is 11.8. The maximum absolute atomic E-state index is 11.8. The lowest BCUT2D eigenvalue weighted by Gasteiger charge is -2.50. The zero-order valence-corrected chi connectivity index (χ0v) is 17.5. The van der Waals surface area contributed by atoms with Gasteiger partial charge in [-0.1, -0.05) is 0 Å². The van der Waals surface area contributed by atoms with E-state index in [1.54, 1.807) is 0 Å². The van der Waals surface area contributed by atoms with Gasteiger partial charge in [0.2, 0.25) is 11.6 Å². The van der Waals surface area contributed by atoms with E-state index in [1.807, 2.05) is 0 Å². The van der Waals surface area contributed by atoms with Crippen molar-refractivity contribution in [1.29, 1.82) is 0 Å². The lowest BCUT2D eigenvalue weighted by molar-refractivity contribution is -0.291. The fourth-order valence-corrected chi connectivity index (χ4v) is 3.09. The molecule has 170 valence electrons. The van der Waals surface area contributed by atoms with E-state index < -0.39 is 66.5 Å². The van der Waals surface area contributed by atoms with E-state index in [9.17, 15) is 29.1 Å². The van der Waals surface area contributed by atoms with Gasteiger partial charge in [0, 0.05) is 34.1 Å². The van der Waals surface area contributed by atoms with Crippen molar-refractivity contribution in [3.05, 3.63) is 0 Å². The number of aliphatic hydroxyl groups is 1. The summed E-state index contributed by atoms with van der Waals surface area (Å²) in [6.07, 6.45) is -5.91. The molecule has 1 rings (SSSR count). The van der Waals surface area contributed by atoms with E-state index in [2.05, 4.69) is 10.1 Å². The number of carbonyl (C=O) groups is 5. The summed E-state index contributed by atoms with van der Waals surface area (Å²) in [5.74, 6) is -3.63. The third-order valence-electron chi connectivity index (χ3n) is 4.19. The second kappa shape index (κ2) is 10.9. The number of ether oxygens (including phenoxy) is 5. The highest BCUT2D eigenvalue weighted by Crippen LogP contribution is 2.35. The summed E-state index contributed by atoms with van der Waals surface area (Å²) in [7, 11) is 1.17. The molecule has 1 heterocycles. The highest BCUT2D eigenvalue weighted by Gasteiger charge is 2.59. The summed E-state index contributed by atoms with van der Waals surface area (Å²) < 4.78 is 25.7. The average molecular weight is 433 g/mol. The minimum absolute atomic E-state index is 0.162. The molecule has 0 spiro atoms. The van der Waals surface area contributed by atoms with E-state index in [1.165, 1.54) is 7.11 Å². The summed E-state index contributed by atoms with van der Waals surface area (Å²) in [5, 5.41) is 13.5. The first-order valence-corrected chi connectivity index (χ1v) is 9.11. The molecule has 1 aliphatic heterocycles. The number of hydrogen-bond acceptors (Lipinski definition) is 11. The molecular weight excluding hydrogens is 406 g/mol. The smallest absolute Gasteiger partial charge is 0.305 e. The Morgan fingerprint density at radius 1 is 1.00 bits per heavy atom. The summed E-state index contributed by atoms with van der Waals surface area (Å²) >= 11 is 0. The molecule has 0 aromatic heterocycles. The normalized spacial score (nSPS) is 28.1. The average Bonchev–Trinajstić information content (AvgIpc) is 2.61. The van der Waals surface area contributed by atoms with Crippen LogP contribution in [0.5, 0.6) is 0 Å². The van der Waals surface area contributed by atoms with Crippen LogP contribution in [0.1, 0.15) is 40.5 Å². The zero-order valence-electron chi connectivity index (χ0n) is 17.5. The van der Waals surface area contributed by atoms with Crippen LogP contribution in [-0.4, -0.2) is 78.7 Å². The number of esters is 4. The minimum Gasteiger partial charge on any atom is -0.469 e. The molecule has 12 nitrogen and oxygen atoms in total. The van der Waals surface area contributed by atoms with Gasteiger partial charge in [0.25, 0.3) is 0 Å². The van der Waals surface area contributed by atoms with Gasteiger partial charge in [-0.2, -0.15) is 0 Å². The highest BCUT2D eigenvalue weighted by atomic mass is 16.6. The topological polar surface area (TPSA) is 164 Å². The van der Waals surface area contributed by atoms with Gasteiger partial charge in [0.1, 0.15) is 18.8 Å². The zero-order chi connectivity index (χ0) is 23.1. The summed E-state index contributed by atoms with van der Waals surface area (Å²) in [6.45, 7) is 3.98. The predicted octanol–water partition coefficient (Wildman–Crippen LogP) is -1.04. The first kappa shape index (κ1) is 25.3. The molecular formula is C18H27NO11. The molecule has 0 bridgehead atoms. The van der Waals surface area contributed by atoms with Gasteiger partial charge in [-0.15, -0.1) is 0 Å². The Bertz CT molecular complexity index is 679. The predicted molar refractivity (Wildman–Crippen MR) is 96.4 cm³/mol. The van der Waals surface area contributed by atoms with Crippen LogP contribution in [0.25, 0.3) is 0 Å².